The van der Waals surface area contributed by atoms with Crippen LogP contribution in [0.25, 0.3) is 11.4 Å². The maximum absolute atomic E-state index is 11.1. The van der Waals surface area contributed by atoms with Crippen LogP contribution in [0.5, 0.6) is 0 Å². The van der Waals surface area contributed by atoms with Gasteiger partial charge in [-0.1, -0.05) is 0 Å². The number of guanidine groups is 1. The van der Waals surface area contributed by atoms with E-state index < -0.39 is 10.0 Å². The quantitative estimate of drug-likeness (QED) is 0.524. The molecule has 0 bridgehead atoms. The Bertz CT molecular complexity index is 851. The lowest BCUT2D eigenvalue weighted by atomic mass is 10.1. The van der Waals surface area contributed by atoms with Crippen molar-refractivity contribution in [2.75, 3.05) is 12.0 Å². The van der Waals surface area contributed by atoms with Crippen LogP contribution in [0.4, 0.5) is 10.9 Å². The van der Waals surface area contributed by atoms with E-state index in [2.05, 4.69) is 19.4 Å². The Labute approximate surface area is 130 Å². The molecule has 116 valence electrons. The zero-order valence-corrected chi connectivity index (χ0v) is 13.1. The molecule has 2 heterocycles. The van der Waals surface area contributed by atoms with Crippen LogP contribution in [-0.4, -0.2) is 36.8 Å². The Kier molecular flexibility index (Phi) is 4.37. The molecule has 6 N–H and O–H groups in total. The number of nitrogen functional groups attached to an aromatic ring is 1. The monoisotopic (exact) mass is 339 g/mol. The van der Waals surface area contributed by atoms with Crippen molar-refractivity contribution in [2.45, 2.75) is 0 Å². The number of rotatable bonds is 4. The predicted octanol–water partition coefficient (Wildman–Crippen LogP) is 0.0707. The van der Waals surface area contributed by atoms with Crippen molar-refractivity contribution >= 4 is 44.5 Å². The van der Waals surface area contributed by atoms with E-state index in [1.807, 2.05) is 0 Å². The molecule has 0 aliphatic carbocycles. The molecule has 0 atom stereocenters. The highest BCUT2D eigenvalue weighted by Gasteiger charge is 2.11. The van der Waals surface area contributed by atoms with Crippen molar-refractivity contribution in [3.05, 3.63) is 23.1 Å². The highest BCUT2D eigenvalue weighted by molar-refractivity contribution is 7.89. The van der Waals surface area contributed by atoms with Gasteiger partial charge in [-0.15, -0.1) is 11.3 Å². The molecule has 0 aliphatic rings. The number of hydrogen-bond acceptors (Lipinski definition) is 7. The van der Waals surface area contributed by atoms with Gasteiger partial charge in [0.05, 0.1) is 6.26 Å². The highest BCUT2D eigenvalue weighted by atomic mass is 32.2. The summed E-state index contributed by atoms with van der Waals surface area (Å²) < 4.78 is 25.8. The van der Waals surface area contributed by atoms with E-state index in [1.165, 1.54) is 23.6 Å². The minimum atomic E-state index is -3.50. The first kappa shape index (κ1) is 15.9. The number of aromatic nitrogens is 2. The number of hydrogen-bond donors (Lipinski definition) is 3. The van der Waals surface area contributed by atoms with Gasteiger partial charge in [0.1, 0.15) is 17.2 Å². The molecule has 9 nitrogen and oxygen atoms in total. The summed E-state index contributed by atoms with van der Waals surface area (Å²) in [6, 6.07) is 3.14. The first-order valence-corrected chi connectivity index (χ1v) is 8.55. The Morgan fingerprint density at radius 2 is 2.05 bits per heavy atom. The molecule has 2 rings (SSSR count). The average molecular weight is 339 g/mol. The van der Waals surface area contributed by atoms with Crippen molar-refractivity contribution in [2.24, 2.45) is 20.9 Å². The third-order valence-corrected chi connectivity index (χ3v) is 3.51. The number of thiazole rings is 1. The fourth-order valence-corrected chi connectivity index (χ4v) is 2.48. The third kappa shape index (κ3) is 4.23. The van der Waals surface area contributed by atoms with Crippen molar-refractivity contribution in [1.82, 2.24) is 9.97 Å². The minimum Gasteiger partial charge on any atom is -0.384 e. The van der Waals surface area contributed by atoms with Crippen molar-refractivity contribution in [3.8, 4) is 11.4 Å². The summed E-state index contributed by atoms with van der Waals surface area (Å²) in [5.74, 6) is 0.156. The zero-order chi connectivity index (χ0) is 16.3. The molecule has 0 saturated carbocycles. The second kappa shape index (κ2) is 6.07. The molecule has 22 heavy (non-hydrogen) atoms. The summed E-state index contributed by atoms with van der Waals surface area (Å²) in [6.07, 6.45) is 2.18. The maximum atomic E-state index is 11.1. The Hall–Kier alpha value is -2.53. The van der Waals surface area contributed by atoms with Gasteiger partial charge in [-0.2, -0.15) is 9.39 Å². The second-order valence-corrected chi connectivity index (χ2v) is 6.71. The summed E-state index contributed by atoms with van der Waals surface area (Å²) in [5.41, 5.74) is 17.6. The third-order valence-electron chi connectivity index (χ3n) is 2.29. The largest absolute Gasteiger partial charge is 0.384 e. The highest BCUT2D eigenvalue weighted by Crippen LogP contribution is 2.27. The lowest BCUT2D eigenvalue weighted by Crippen LogP contribution is -2.21. The van der Waals surface area contributed by atoms with Crippen LogP contribution >= 0.6 is 11.3 Å². The van der Waals surface area contributed by atoms with Gasteiger partial charge in [-0.25, -0.2) is 18.4 Å². The van der Waals surface area contributed by atoms with E-state index in [4.69, 9.17) is 17.2 Å². The fraction of sp³-hybridized carbons (Fsp3) is 0.0909. The van der Waals surface area contributed by atoms with E-state index in [0.29, 0.717) is 22.1 Å². The van der Waals surface area contributed by atoms with Gasteiger partial charge in [0.25, 0.3) is 0 Å². The van der Waals surface area contributed by atoms with Crippen molar-refractivity contribution in [3.63, 3.8) is 0 Å². The van der Waals surface area contributed by atoms with Gasteiger partial charge >= 0.3 is 0 Å². The Balaban J connectivity index is 2.50. The first-order valence-electron chi connectivity index (χ1n) is 5.82. The molecule has 0 saturated heterocycles. The van der Waals surface area contributed by atoms with E-state index in [-0.39, 0.29) is 11.8 Å². The van der Waals surface area contributed by atoms with Gasteiger partial charge < -0.3 is 17.2 Å². The first-order chi connectivity index (χ1) is 10.2. The minimum absolute atomic E-state index is 0.111. The van der Waals surface area contributed by atoms with Crippen molar-refractivity contribution in [1.29, 1.82) is 0 Å². The van der Waals surface area contributed by atoms with E-state index >= 15 is 0 Å². The number of nitrogens with zero attached hydrogens (tertiary/aromatic N) is 4. The molecule has 11 heteroatoms. The van der Waals surface area contributed by atoms with Crippen LogP contribution in [0, 0.1) is 0 Å². The Morgan fingerprint density at radius 3 is 2.68 bits per heavy atom. The van der Waals surface area contributed by atoms with Gasteiger partial charge in [0, 0.05) is 17.2 Å². The number of nitrogens with two attached hydrogens (primary N) is 3. The lowest BCUT2D eigenvalue weighted by molar-refractivity contribution is 0.604. The molecule has 0 spiro atoms. The SMILES string of the molecule is CS(=O)(=O)N=Cc1ccc(N)nc1-c1csc(N=C(N)N)n1. The fourth-order valence-electron chi connectivity index (χ4n) is 1.48. The van der Waals surface area contributed by atoms with Crippen LogP contribution < -0.4 is 17.2 Å². The molecule has 0 aliphatic heterocycles. The Morgan fingerprint density at radius 1 is 1.32 bits per heavy atom. The topological polar surface area (TPSA) is 163 Å². The van der Waals surface area contributed by atoms with Crippen molar-refractivity contribution < 1.29 is 8.42 Å². The number of aliphatic imine (C=N–C) groups is 1. The van der Waals surface area contributed by atoms with Crippen LogP contribution in [0.1, 0.15) is 5.56 Å². The van der Waals surface area contributed by atoms with E-state index in [0.717, 1.165) is 6.26 Å². The molecule has 0 aromatic carbocycles. The standard InChI is InChI=1S/C11H13N7O2S2/c1-22(19,20)15-4-6-2-3-8(12)17-9(6)7-5-21-11(16-7)18-10(13)14/h2-5H,1H3,(H2,12,17)(H4,13,14,16,18). The lowest BCUT2D eigenvalue weighted by Gasteiger charge is -2.03. The van der Waals surface area contributed by atoms with Crippen LogP contribution in [-0.2, 0) is 10.0 Å². The van der Waals surface area contributed by atoms with Crippen LogP contribution in [0.2, 0.25) is 0 Å². The number of anilines is 1. The van der Waals surface area contributed by atoms with Gasteiger partial charge in [0.15, 0.2) is 5.96 Å². The molecule has 0 amide bonds. The smallest absolute Gasteiger partial charge is 0.250 e. The molecule has 0 radical (unpaired) electrons. The summed E-state index contributed by atoms with van der Waals surface area (Å²) in [7, 11) is -3.50. The maximum Gasteiger partial charge on any atom is 0.250 e. The number of pyridine rings is 1. The summed E-state index contributed by atoms with van der Waals surface area (Å²) in [4.78, 5) is 12.2. The van der Waals surface area contributed by atoms with E-state index in [9.17, 15) is 8.42 Å². The summed E-state index contributed by atoms with van der Waals surface area (Å²) in [6.45, 7) is 0. The molecular weight excluding hydrogens is 326 g/mol. The van der Waals surface area contributed by atoms with E-state index in [1.54, 1.807) is 11.4 Å². The number of sulfonamides is 1. The van der Waals surface area contributed by atoms with Crippen LogP contribution in [0.15, 0.2) is 26.9 Å². The van der Waals surface area contributed by atoms with Gasteiger partial charge in [0.2, 0.25) is 15.2 Å². The van der Waals surface area contributed by atoms with Gasteiger partial charge in [-0.05, 0) is 12.1 Å². The molecule has 0 fully saturated rings. The molecule has 0 unspecified atom stereocenters. The van der Waals surface area contributed by atoms with Crippen LogP contribution in [0.3, 0.4) is 0 Å². The second-order valence-electron chi connectivity index (χ2n) is 4.19. The molecule has 2 aromatic rings. The normalized spacial score (nSPS) is 11.7. The summed E-state index contributed by atoms with van der Waals surface area (Å²) in [5, 5.41) is 2.03. The average Bonchev–Trinajstić information content (AvgIpc) is 2.83. The van der Waals surface area contributed by atoms with Gasteiger partial charge in [-0.3, -0.25) is 0 Å². The summed E-state index contributed by atoms with van der Waals surface area (Å²) >= 11 is 1.21. The predicted molar refractivity (Wildman–Crippen MR) is 87.7 cm³/mol. The zero-order valence-electron chi connectivity index (χ0n) is 11.5. The molecule has 2 aromatic heterocycles. The molecular formula is C11H13N7O2S2.